The lowest BCUT2D eigenvalue weighted by molar-refractivity contribution is 0.000661. The van der Waals surface area contributed by atoms with Crippen LogP contribution in [-0.2, 0) is 24.4 Å². The van der Waals surface area contributed by atoms with Crippen LogP contribution in [0.1, 0.15) is 22.1 Å². The number of hydrogen-bond donors (Lipinski definition) is 1. The minimum absolute atomic E-state index is 0.147. The number of aromatic nitrogens is 4. The van der Waals surface area contributed by atoms with Crippen molar-refractivity contribution in [1.82, 2.24) is 25.3 Å². The molecule has 19 heavy (non-hydrogen) atoms. The van der Waals surface area contributed by atoms with Crippen LogP contribution >= 0.6 is 11.3 Å². The molecule has 2 aromatic rings. The lowest BCUT2D eigenvalue weighted by Crippen LogP contribution is -2.36. The predicted molar refractivity (Wildman–Crippen MR) is 71.9 cm³/mol. The van der Waals surface area contributed by atoms with Crippen LogP contribution in [0, 0.1) is 13.8 Å². The Bertz CT molecular complexity index is 564. The summed E-state index contributed by atoms with van der Waals surface area (Å²) in [4.78, 5) is 4.42. The largest absolute Gasteiger partial charge is 0.369 e. The van der Waals surface area contributed by atoms with E-state index in [9.17, 15) is 0 Å². The molecule has 3 rings (SSSR count). The van der Waals surface area contributed by atoms with Crippen LogP contribution in [0.15, 0.2) is 5.38 Å². The third-order valence-electron chi connectivity index (χ3n) is 3.21. The standard InChI is InChI=1S/C12H17N5OS/c1-8-12-6-18-11(5-17(12)16-15-8)4-13-3-10-7-19-9(2)14-10/h7,11,13H,3-6H2,1-2H3/t11-/m1/s1. The minimum atomic E-state index is 0.147. The monoisotopic (exact) mass is 279 g/mol. The molecule has 1 aliphatic rings. The molecule has 0 radical (unpaired) electrons. The third-order valence-corrected chi connectivity index (χ3v) is 4.03. The fourth-order valence-corrected chi connectivity index (χ4v) is 2.77. The van der Waals surface area contributed by atoms with E-state index in [0.29, 0.717) is 6.61 Å². The molecule has 0 saturated heterocycles. The van der Waals surface area contributed by atoms with Crippen LogP contribution < -0.4 is 5.32 Å². The van der Waals surface area contributed by atoms with Gasteiger partial charge in [-0.05, 0) is 13.8 Å². The van der Waals surface area contributed by atoms with Crippen LogP contribution in [0.4, 0.5) is 0 Å². The van der Waals surface area contributed by atoms with E-state index in [1.807, 2.05) is 18.5 Å². The number of thiazole rings is 1. The topological polar surface area (TPSA) is 64.9 Å². The molecule has 6 nitrogen and oxygen atoms in total. The van der Waals surface area contributed by atoms with Crippen molar-refractivity contribution < 1.29 is 4.74 Å². The molecule has 0 aromatic carbocycles. The van der Waals surface area contributed by atoms with Gasteiger partial charge in [0, 0.05) is 18.5 Å². The van der Waals surface area contributed by atoms with Crippen molar-refractivity contribution in [3.8, 4) is 0 Å². The Morgan fingerprint density at radius 3 is 3.21 bits per heavy atom. The first-order valence-electron chi connectivity index (χ1n) is 6.34. The first-order valence-corrected chi connectivity index (χ1v) is 7.22. The van der Waals surface area contributed by atoms with Gasteiger partial charge < -0.3 is 10.1 Å². The number of hydrogen-bond acceptors (Lipinski definition) is 6. The van der Waals surface area contributed by atoms with Crippen LogP contribution in [0.5, 0.6) is 0 Å². The summed E-state index contributed by atoms with van der Waals surface area (Å²) < 4.78 is 7.75. The molecule has 0 bridgehead atoms. The molecule has 7 heteroatoms. The van der Waals surface area contributed by atoms with Crippen LogP contribution in [-0.4, -0.2) is 32.6 Å². The highest BCUT2D eigenvalue weighted by atomic mass is 32.1. The number of fused-ring (bicyclic) bond motifs is 1. The van der Waals surface area contributed by atoms with Crippen molar-refractivity contribution >= 4 is 11.3 Å². The zero-order chi connectivity index (χ0) is 13.2. The molecule has 0 amide bonds. The number of nitrogens with one attached hydrogen (secondary N) is 1. The third kappa shape index (κ3) is 2.83. The smallest absolute Gasteiger partial charge is 0.0909 e. The summed E-state index contributed by atoms with van der Waals surface area (Å²) in [6, 6.07) is 0. The van der Waals surface area contributed by atoms with Gasteiger partial charge >= 0.3 is 0 Å². The van der Waals surface area contributed by atoms with E-state index in [0.717, 1.165) is 41.7 Å². The first-order chi connectivity index (χ1) is 9.22. The fourth-order valence-electron chi connectivity index (χ4n) is 2.16. The second kappa shape index (κ2) is 5.36. The van der Waals surface area contributed by atoms with Crippen LogP contribution in [0.3, 0.4) is 0 Å². The Labute approximate surface area is 115 Å². The summed E-state index contributed by atoms with van der Waals surface area (Å²) in [5, 5.41) is 14.8. The fraction of sp³-hybridized carbons (Fsp3) is 0.583. The zero-order valence-electron chi connectivity index (χ0n) is 11.1. The maximum atomic E-state index is 5.81. The summed E-state index contributed by atoms with van der Waals surface area (Å²) in [5.74, 6) is 0. The Kier molecular flexibility index (Phi) is 3.58. The van der Waals surface area contributed by atoms with E-state index in [2.05, 4.69) is 26.0 Å². The van der Waals surface area contributed by atoms with Crippen molar-refractivity contribution in [2.75, 3.05) is 6.54 Å². The van der Waals surface area contributed by atoms with Crippen molar-refractivity contribution in [2.45, 2.75) is 39.6 Å². The molecule has 0 aliphatic carbocycles. The molecule has 0 unspecified atom stereocenters. The van der Waals surface area contributed by atoms with Gasteiger partial charge in [-0.1, -0.05) is 5.21 Å². The van der Waals surface area contributed by atoms with Crippen LogP contribution in [0.2, 0.25) is 0 Å². The molecular formula is C12H17N5OS. The number of nitrogens with zero attached hydrogens (tertiary/aromatic N) is 4. The first kappa shape index (κ1) is 12.7. The van der Waals surface area contributed by atoms with E-state index in [-0.39, 0.29) is 6.10 Å². The molecule has 1 atom stereocenters. The number of rotatable bonds is 4. The highest BCUT2D eigenvalue weighted by Gasteiger charge is 2.21. The molecule has 1 aliphatic heterocycles. The van der Waals surface area contributed by atoms with Crippen molar-refractivity contribution in [2.24, 2.45) is 0 Å². The van der Waals surface area contributed by atoms with Gasteiger partial charge in [-0.2, -0.15) is 0 Å². The van der Waals surface area contributed by atoms with Gasteiger partial charge in [0.1, 0.15) is 0 Å². The van der Waals surface area contributed by atoms with Gasteiger partial charge in [-0.25, -0.2) is 9.67 Å². The normalized spacial score (nSPS) is 18.5. The Hall–Kier alpha value is -1.31. The molecule has 0 spiro atoms. The summed E-state index contributed by atoms with van der Waals surface area (Å²) in [6.07, 6.45) is 0.147. The van der Waals surface area contributed by atoms with E-state index in [4.69, 9.17) is 4.74 Å². The number of aryl methyl sites for hydroxylation is 2. The lowest BCUT2D eigenvalue weighted by atomic mass is 10.2. The molecule has 102 valence electrons. The minimum Gasteiger partial charge on any atom is -0.369 e. The van der Waals surface area contributed by atoms with Gasteiger partial charge in [0.15, 0.2) is 0 Å². The maximum absolute atomic E-state index is 5.81. The van der Waals surface area contributed by atoms with E-state index < -0.39 is 0 Å². The SMILES string of the molecule is Cc1nc(CNC[C@@H]2Cn3nnc(C)c3CO2)cs1. The van der Waals surface area contributed by atoms with Crippen LogP contribution in [0.25, 0.3) is 0 Å². The van der Waals surface area contributed by atoms with Gasteiger partial charge in [-0.15, -0.1) is 16.4 Å². The van der Waals surface area contributed by atoms with Crippen molar-refractivity contribution in [3.05, 3.63) is 27.5 Å². The van der Waals surface area contributed by atoms with Crippen molar-refractivity contribution in [3.63, 3.8) is 0 Å². The Balaban J connectivity index is 1.50. The summed E-state index contributed by atoms with van der Waals surface area (Å²) >= 11 is 1.68. The highest BCUT2D eigenvalue weighted by molar-refractivity contribution is 7.09. The second-order valence-corrected chi connectivity index (χ2v) is 5.79. The van der Waals surface area contributed by atoms with E-state index >= 15 is 0 Å². The van der Waals surface area contributed by atoms with Crippen molar-refractivity contribution in [1.29, 1.82) is 0 Å². The maximum Gasteiger partial charge on any atom is 0.0909 e. The molecular weight excluding hydrogens is 262 g/mol. The zero-order valence-corrected chi connectivity index (χ0v) is 11.9. The molecule has 0 fully saturated rings. The quantitative estimate of drug-likeness (QED) is 0.906. The molecule has 1 N–H and O–H groups in total. The summed E-state index contributed by atoms with van der Waals surface area (Å²) in [7, 11) is 0. The average Bonchev–Trinajstić information content (AvgIpc) is 2.97. The molecule has 3 heterocycles. The lowest BCUT2D eigenvalue weighted by Gasteiger charge is -2.24. The summed E-state index contributed by atoms with van der Waals surface area (Å²) in [6.45, 7) is 6.93. The van der Waals surface area contributed by atoms with E-state index in [1.165, 1.54) is 0 Å². The van der Waals surface area contributed by atoms with E-state index in [1.54, 1.807) is 11.3 Å². The second-order valence-electron chi connectivity index (χ2n) is 4.73. The van der Waals surface area contributed by atoms with Gasteiger partial charge in [0.25, 0.3) is 0 Å². The predicted octanol–water partition coefficient (Wildman–Crippen LogP) is 1.04. The molecule has 0 saturated carbocycles. The molecule has 2 aromatic heterocycles. The summed E-state index contributed by atoms with van der Waals surface area (Å²) in [5.41, 5.74) is 3.14. The van der Waals surface area contributed by atoms with Gasteiger partial charge in [-0.3, -0.25) is 0 Å². The highest BCUT2D eigenvalue weighted by Crippen LogP contribution is 2.14. The average molecular weight is 279 g/mol. The Morgan fingerprint density at radius 2 is 2.42 bits per heavy atom. The van der Waals surface area contributed by atoms with Gasteiger partial charge in [0.2, 0.25) is 0 Å². The Morgan fingerprint density at radius 1 is 1.53 bits per heavy atom. The van der Waals surface area contributed by atoms with Gasteiger partial charge in [0.05, 0.1) is 41.3 Å². The number of ether oxygens (including phenoxy) is 1.